The smallest absolute Gasteiger partial charge is 0.0708 e. The number of hydrogen-bond acceptors (Lipinski definition) is 3. The Balaban J connectivity index is 2.02. The number of nitrogens with two attached hydrogens (primary N) is 1. The largest absolute Gasteiger partial charge is 0.379 e. The molecule has 15 heavy (non-hydrogen) atoms. The Hall–Kier alpha value is -0.120. The third-order valence-electron chi connectivity index (χ3n) is 2.95. The molecule has 0 aromatic carbocycles. The second kappa shape index (κ2) is 6.46. The molecule has 1 aliphatic carbocycles. The van der Waals surface area contributed by atoms with Crippen molar-refractivity contribution in [3.05, 3.63) is 0 Å². The van der Waals surface area contributed by atoms with Gasteiger partial charge in [0.05, 0.1) is 18.8 Å². The standard InChI is InChI=1S/C12H25NO2/c1-11(2)10-14-8-9-15-12(6-7-13)4-3-5-12/h11H,3-10,13H2,1-2H3. The fraction of sp³-hybridized carbons (Fsp3) is 1.00. The minimum atomic E-state index is 0.107. The van der Waals surface area contributed by atoms with Crippen LogP contribution < -0.4 is 5.73 Å². The lowest BCUT2D eigenvalue weighted by atomic mass is 9.77. The molecule has 3 heteroatoms. The van der Waals surface area contributed by atoms with Gasteiger partial charge in [0.1, 0.15) is 0 Å². The zero-order valence-electron chi connectivity index (χ0n) is 10.1. The Kier molecular flexibility index (Phi) is 5.58. The molecule has 2 N–H and O–H groups in total. The molecule has 1 saturated carbocycles. The van der Waals surface area contributed by atoms with Crippen molar-refractivity contribution in [1.29, 1.82) is 0 Å². The Morgan fingerprint density at radius 1 is 1.27 bits per heavy atom. The van der Waals surface area contributed by atoms with Crippen molar-refractivity contribution < 1.29 is 9.47 Å². The molecule has 0 radical (unpaired) electrons. The summed E-state index contributed by atoms with van der Waals surface area (Å²) >= 11 is 0. The Morgan fingerprint density at radius 3 is 2.47 bits per heavy atom. The molecule has 0 bridgehead atoms. The Bertz CT molecular complexity index is 167. The Morgan fingerprint density at radius 2 is 2.00 bits per heavy atom. The van der Waals surface area contributed by atoms with E-state index in [0.29, 0.717) is 19.1 Å². The average molecular weight is 215 g/mol. The van der Waals surface area contributed by atoms with Gasteiger partial charge in [0, 0.05) is 6.61 Å². The van der Waals surface area contributed by atoms with Crippen LogP contribution in [0.5, 0.6) is 0 Å². The van der Waals surface area contributed by atoms with Gasteiger partial charge in [-0.2, -0.15) is 0 Å². The molecular weight excluding hydrogens is 190 g/mol. The van der Waals surface area contributed by atoms with Crippen LogP contribution in [0.1, 0.15) is 39.5 Å². The van der Waals surface area contributed by atoms with Crippen molar-refractivity contribution in [2.24, 2.45) is 11.7 Å². The maximum Gasteiger partial charge on any atom is 0.0708 e. The van der Waals surface area contributed by atoms with Gasteiger partial charge in [-0.05, 0) is 38.1 Å². The third kappa shape index (κ3) is 4.49. The summed E-state index contributed by atoms with van der Waals surface area (Å²) in [7, 11) is 0. The molecule has 0 aromatic heterocycles. The first-order valence-electron chi connectivity index (χ1n) is 6.10. The zero-order valence-corrected chi connectivity index (χ0v) is 10.1. The van der Waals surface area contributed by atoms with Crippen LogP contribution in [0.25, 0.3) is 0 Å². The molecule has 1 rings (SSSR count). The van der Waals surface area contributed by atoms with Crippen molar-refractivity contribution >= 4 is 0 Å². The lowest BCUT2D eigenvalue weighted by Gasteiger charge is -2.41. The molecule has 0 unspecified atom stereocenters. The molecule has 0 aliphatic heterocycles. The first-order chi connectivity index (χ1) is 7.18. The van der Waals surface area contributed by atoms with Gasteiger partial charge < -0.3 is 15.2 Å². The second-order valence-electron chi connectivity index (χ2n) is 4.89. The highest BCUT2D eigenvalue weighted by Crippen LogP contribution is 2.38. The lowest BCUT2D eigenvalue weighted by molar-refractivity contribution is -0.117. The normalized spacial score (nSPS) is 19.2. The van der Waals surface area contributed by atoms with Crippen LogP contribution in [0.4, 0.5) is 0 Å². The lowest BCUT2D eigenvalue weighted by Crippen LogP contribution is -2.42. The minimum Gasteiger partial charge on any atom is -0.379 e. The van der Waals surface area contributed by atoms with Crippen LogP contribution in [0.2, 0.25) is 0 Å². The summed E-state index contributed by atoms with van der Waals surface area (Å²) in [5.41, 5.74) is 5.69. The van der Waals surface area contributed by atoms with E-state index in [9.17, 15) is 0 Å². The van der Waals surface area contributed by atoms with E-state index in [-0.39, 0.29) is 5.60 Å². The highest BCUT2D eigenvalue weighted by molar-refractivity contribution is 4.89. The summed E-state index contributed by atoms with van der Waals surface area (Å²) < 4.78 is 11.4. The number of hydrogen-bond donors (Lipinski definition) is 1. The van der Waals surface area contributed by atoms with Gasteiger partial charge in [0.15, 0.2) is 0 Å². The van der Waals surface area contributed by atoms with Crippen LogP contribution >= 0.6 is 0 Å². The van der Waals surface area contributed by atoms with Gasteiger partial charge in [-0.1, -0.05) is 13.8 Å². The monoisotopic (exact) mass is 215 g/mol. The molecular formula is C12H25NO2. The van der Waals surface area contributed by atoms with Crippen molar-refractivity contribution in [2.45, 2.75) is 45.1 Å². The summed E-state index contributed by atoms with van der Waals surface area (Å²) in [6.07, 6.45) is 4.63. The van der Waals surface area contributed by atoms with Crippen LogP contribution in [0, 0.1) is 5.92 Å². The second-order valence-corrected chi connectivity index (χ2v) is 4.89. The molecule has 0 saturated heterocycles. The van der Waals surface area contributed by atoms with E-state index in [0.717, 1.165) is 19.6 Å². The summed E-state index contributed by atoms with van der Waals surface area (Å²) in [5, 5.41) is 0. The highest BCUT2D eigenvalue weighted by Gasteiger charge is 2.36. The molecule has 0 spiro atoms. The Labute approximate surface area is 93.3 Å². The van der Waals surface area contributed by atoms with Gasteiger partial charge in [-0.15, -0.1) is 0 Å². The van der Waals surface area contributed by atoms with E-state index in [1.165, 1.54) is 19.3 Å². The first kappa shape index (κ1) is 12.9. The van der Waals surface area contributed by atoms with Crippen LogP contribution in [-0.2, 0) is 9.47 Å². The van der Waals surface area contributed by atoms with Crippen molar-refractivity contribution in [3.8, 4) is 0 Å². The van der Waals surface area contributed by atoms with Gasteiger partial charge >= 0.3 is 0 Å². The maximum atomic E-state index is 5.88. The van der Waals surface area contributed by atoms with Gasteiger partial charge in [0.25, 0.3) is 0 Å². The topological polar surface area (TPSA) is 44.5 Å². The molecule has 0 aromatic rings. The SMILES string of the molecule is CC(C)COCCOC1(CCN)CCC1. The van der Waals surface area contributed by atoms with E-state index >= 15 is 0 Å². The molecule has 3 nitrogen and oxygen atoms in total. The summed E-state index contributed by atoms with van der Waals surface area (Å²) in [5.74, 6) is 0.603. The summed E-state index contributed by atoms with van der Waals surface area (Å²) in [6, 6.07) is 0. The first-order valence-corrected chi connectivity index (χ1v) is 6.10. The fourth-order valence-electron chi connectivity index (χ4n) is 1.94. The van der Waals surface area contributed by atoms with Crippen molar-refractivity contribution in [1.82, 2.24) is 0 Å². The quantitative estimate of drug-likeness (QED) is 0.629. The molecule has 1 fully saturated rings. The van der Waals surface area contributed by atoms with Gasteiger partial charge in [-0.25, -0.2) is 0 Å². The van der Waals surface area contributed by atoms with Crippen molar-refractivity contribution in [2.75, 3.05) is 26.4 Å². The predicted molar refractivity (Wildman–Crippen MR) is 61.9 cm³/mol. The van der Waals surface area contributed by atoms with Crippen LogP contribution in [0.15, 0.2) is 0 Å². The van der Waals surface area contributed by atoms with Crippen molar-refractivity contribution in [3.63, 3.8) is 0 Å². The fourth-order valence-corrected chi connectivity index (χ4v) is 1.94. The predicted octanol–water partition coefficient (Wildman–Crippen LogP) is 1.95. The zero-order chi connectivity index (χ0) is 11.1. The molecule has 0 heterocycles. The minimum absolute atomic E-state index is 0.107. The summed E-state index contributed by atoms with van der Waals surface area (Å²) in [6.45, 7) is 7.29. The van der Waals surface area contributed by atoms with Gasteiger partial charge in [-0.3, -0.25) is 0 Å². The number of rotatable bonds is 8. The maximum absolute atomic E-state index is 5.88. The third-order valence-corrected chi connectivity index (χ3v) is 2.95. The molecule has 1 aliphatic rings. The molecule has 0 atom stereocenters. The van der Waals surface area contributed by atoms with E-state index in [1.807, 2.05) is 0 Å². The highest BCUT2D eigenvalue weighted by atomic mass is 16.5. The van der Waals surface area contributed by atoms with Crippen LogP contribution in [-0.4, -0.2) is 32.0 Å². The molecule has 0 amide bonds. The van der Waals surface area contributed by atoms with Crippen LogP contribution in [0.3, 0.4) is 0 Å². The number of ether oxygens (including phenoxy) is 2. The van der Waals surface area contributed by atoms with E-state index in [2.05, 4.69) is 13.8 Å². The van der Waals surface area contributed by atoms with E-state index in [4.69, 9.17) is 15.2 Å². The molecule has 90 valence electrons. The van der Waals surface area contributed by atoms with E-state index in [1.54, 1.807) is 0 Å². The van der Waals surface area contributed by atoms with Gasteiger partial charge in [0.2, 0.25) is 0 Å². The summed E-state index contributed by atoms with van der Waals surface area (Å²) in [4.78, 5) is 0. The van der Waals surface area contributed by atoms with E-state index < -0.39 is 0 Å². The average Bonchev–Trinajstić information content (AvgIpc) is 2.12.